The maximum absolute atomic E-state index is 13.7. The Labute approximate surface area is 202 Å². The molecule has 1 aromatic carbocycles. The number of nitrogens with one attached hydrogen (secondary N) is 1. The van der Waals surface area contributed by atoms with Crippen molar-refractivity contribution < 1.29 is 23.5 Å². The van der Waals surface area contributed by atoms with Crippen molar-refractivity contribution in [2.24, 2.45) is 0 Å². The number of furan rings is 1. The molecule has 7 nitrogen and oxygen atoms in total. The summed E-state index contributed by atoms with van der Waals surface area (Å²) in [6.45, 7) is 2.26. The van der Waals surface area contributed by atoms with Crippen LogP contribution in [0.1, 0.15) is 53.7 Å². The first kappa shape index (κ1) is 22.5. The molecule has 1 N–H and O–H groups in total. The van der Waals surface area contributed by atoms with Crippen LogP contribution in [0, 0.1) is 6.92 Å². The van der Waals surface area contributed by atoms with Crippen molar-refractivity contribution >= 4 is 23.2 Å². The Kier molecular flexibility index (Phi) is 6.58. The molecule has 1 saturated carbocycles. The molecule has 2 amide bonds. The van der Waals surface area contributed by atoms with Gasteiger partial charge in [-0.05, 0) is 61.0 Å². The molecule has 0 saturated heterocycles. The highest BCUT2D eigenvalue weighted by molar-refractivity contribution is 7.10. The first-order valence-electron chi connectivity index (χ1n) is 11.6. The van der Waals surface area contributed by atoms with E-state index < -0.39 is 6.04 Å². The Morgan fingerprint density at radius 2 is 1.94 bits per heavy atom. The number of hydrogen-bond acceptors (Lipinski definition) is 6. The van der Waals surface area contributed by atoms with Gasteiger partial charge in [-0.2, -0.15) is 0 Å². The van der Waals surface area contributed by atoms with Gasteiger partial charge in [-0.1, -0.05) is 25.0 Å². The lowest BCUT2D eigenvalue weighted by atomic mass is 10.1. The van der Waals surface area contributed by atoms with Gasteiger partial charge in [0.05, 0.1) is 6.42 Å². The molecule has 2 aliphatic rings. The van der Waals surface area contributed by atoms with Crippen LogP contribution in [0.25, 0.3) is 0 Å². The molecule has 34 heavy (non-hydrogen) atoms. The quantitative estimate of drug-likeness (QED) is 0.503. The molecule has 0 bridgehead atoms. The normalized spacial score (nSPS) is 15.9. The van der Waals surface area contributed by atoms with E-state index >= 15 is 0 Å². The van der Waals surface area contributed by atoms with Gasteiger partial charge in [0.1, 0.15) is 11.5 Å². The van der Waals surface area contributed by atoms with Crippen LogP contribution in [-0.2, 0) is 22.6 Å². The first-order valence-corrected chi connectivity index (χ1v) is 12.5. The summed E-state index contributed by atoms with van der Waals surface area (Å²) in [5.74, 6) is 2.14. The van der Waals surface area contributed by atoms with Gasteiger partial charge in [0.25, 0.3) is 5.91 Å². The fourth-order valence-corrected chi connectivity index (χ4v) is 5.29. The number of carbonyl (C=O) groups is 2. The molecule has 5 rings (SSSR count). The number of carbonyl (C=O) groups excluding carboxylic acids is 2. The number of rotatable bonds is 8. The van der Waals surface area contributed by atoms with E-state index in [4.69, 9.17) is 13.9 Å². The van der Waals surface area contributed by atoms with E-state index in [9.17, 15) is 9.59 Å². The molecule has 1 aliphatic carbocycles. The van der Waals surface area contributed by atoms with Crippen LogP contribution in [-0.4, -0.2) is 29.5 Å². The van der Waals surface area contributed by atoms with Gasteiger partial charge >= 0.3 is 0 Å². The summed E-state index contributed by atoms with van der Waals surface area (Å²) in [6, 6.07) is 12.3. The lowest BCUT2D eigenvalue weighted by molar-refractivity contribution is -0.142. The van der Waals surface area contributed by atoms with E-state index in [1.165, 1.54) is 11.3 Å². The molecule has 3 heterocycles. The average molecular weight is 481 g/mol. The Hall–Kier alpha value is -3.26. The topological polar surface area (TPSA) is 81.0 Å². The summed E-state index contributed by atoms with van der Waals surface area (Å²) >= 11 is 1.53. The van der Waals surface area contributed by atoms with Crippen molar-refractivity contribution in [3.8, 4) is 11.5 Å². The summed E-state index contributed by atoms with van der Waals surface area (Å²) in [7, 11) is 0. The number of fused-ring (bicyclic) bond motifs is 1. The van der Waals surface area contributed by atoms with E-state index in [1.54, 1.807) is 11.0 Å². The number of benzene rings is 1. The van der Waals surface area contributed by atoms with Crippen LogP contribution < -0.4 is 14.8 Å². The van der Waals surface area contributed by atoms with Crippen molar-refractivity contribution in [3.63, 3.8) is 0 Å². The highest BCUT2D eigenvalue weighted by Crippen LogP contribution is 2.34. The van der Waals surface area contributed by atoms with E-state index in [0.29, 0.717) is 23.0 Å². The molecule has 0 unspecified atom stereocenters. The maximum atomic E-state index is 13.7. The second kappa shape index (κ2) is 9.93. The molecule has 2 aromatic heterocycles. The molecule has 1 aliphatic heterocycles. The molecule has 8 heteroatoms. The second-order valence-electron chi connectivity index (χ2n) is 8.81. The molecular weight excluding hydrogens is 452 g/mol. The standard InChI is InChI=1S/C26H28N2O5S/c1-17-8-10-22(33-17)25(26(30)27-19-5-2-3-6-19)28(24(29)14-20-7-4-12-34-20)15-18-9-11-21-23(13-18)32-16-31-21/h4,7-13,19,25H,2-3,5-6,14-16H2,1H3,(H,27,30)/t25-/m0/s1. The molecule has 0 radical (unpaired) electrons. The average Bonchev–Trinajstić information content (AvgIpc) is 3.62. The molecule has 1 fully saturated rings. The largest absolute Gasteiger partial charge is 0.464 e. The van der Waals surface area contributed by atoms with Gasteiger partial charge in [0.15, 0.2) is 17.5 Å². The summed E-state index contributed by atoms with van der Waals surface area (Å²) in [5.41, 5.74) is 0.853. The minimum absolute atomic E-state index is 0.130. The summed E-state index contributed by atoms with van der Waals surface area (Å²) in [5, 5.41) is 5.12. The SMILES string of the molecule is Cc1ccc([C@@H](C(=O)NC2CCCC2)N(Cc2ccc3c(c2)OCO3)C(=O)Cc2cccs2)o1. The molecule has 0 spiro atoms. The Bertz CT molecular complexity index is 1150. The Balaban J connectivity index is 1.48. The highest BCUT2D eigenvalue weighted by atomic mass is 32.1. The van der Waals surface area contributed by atoms with Gasteiger partial charge in [-0.15, -0.1) is 11.3 Å². The monoisotopic (exact) mass is 480 g/mol. The van der Waals surface area contributed by atoms with Gasteiger partial charge in [-0.3, -0.25) is 9.59 Å². The van der Waals surface area contributed by atoms with Crippen LogP contribution >= 0.6 is 11.3 Å². The smallest absolute Gasteiger partial charge is 0.250 e. The zero-order valence-corrected chi connectivity index (χ0v) is 19.9. The van der Waals surface area contributed by atoms with Gasteiger partial charge in [0.2, 0.25) is 12.7 Å². The van der Waals surface area contributed by atoms with Crippen molar-refractivity contribution in [3.05, 3.63) is 69.8 Å². The maximum Gasteiger partial charge on any atom is 0.250 e. The van der Waals surface area contributed by atoms with Crippen LogP contribution in [0.3, 0.4) is 0 Å². The summed E-state index contributed by atoms with van der Waals surface area (Å²) < 4.78 is 16.9. The van der Waals surface area contributed by atoms with E-state index in [0.717, 1.165) is 36.1 Å². The van der Waals surface area contributed by atoms with Crippen molar-refractivity contribution in [2.75, 3.05) is 6.79 Å². The fourth-order valence-electron chi connectivity index (χ4n) is 4.60. The minimum Gasteiger partial charge on any atom is -0.464 e. The van der Waals surface area contributed by atoms with Crippen LogP contribution in [0.5, 0.6) is 11.5 Å². The number of nitrogens with zero attached hydrogens (tertiary/aromatic N) is 1. The predicted molar refractivity (Wildman–Crippen MR) is 128 cm³/mol. The number of aryl methyl sites for hydroxylation is 1. The third kappa shape index (κ3) is 4.97. The third-order valence-corrected chi connectivity index (χ3v) is 7.18. The number of amides is 2. The van der Waals surface area contributed by atoms with Crippen molar-refractivity contribution in [1.29, 1.82) is 0 Å². The fraction of sp³-hybridized carbons (Fsp3) is 0.385. The van der Waals surface area contributed by atoms with Crippen LogP contribution in [0.2, 0.25) is 0 Å². The van der Waals surface area contributed by atoms with Gasteiger partial charge < -0.3 is 24.1 Å². The Morgan fingerprint density at radius 1 is 1.12 bits per heavy atom. The van der Waals surface area contributed by atoms with Gasteiger partial charge in [-0.25, -0.2) is 0 Å². The van der Waals surface area contributed by atoms with E-state index in [1.807, 2.05) is 48.7 Å². The minimum atomic E-state index is -0.868. The zero-order valence-electron chi connectivity index (χ0n) is 19.1. The number of thiophene rings is 1. The molecule has 178 valence electrons. The zero-order chi connectivity index (χ0) is 23.5. The van der Waals surface area contributed by atoms with Gasteiger partial charge in [0, 0.05) is 17.5 Å². The third-order valence-electron chi connectivity index (χ3n) is 6.31. The number of ether oxygens (including phenoxy) is 2. The highest BCUT2D eigenvalue weighted by Gasteiger charge is 2.35. The van der Waals surface area contributed by atoms with Crippen LogP contribution in [0.15, 0.2) is 52.3 Å². The Morgan fingerprint density at radius 3 is 2.68 bits per heavy atom. The lowest BCUT2D eigenvalue weighted by Crippen LogP contribution is -2.46. The predicted octanol–water partition coefficient (Wildman–Crippen LogP) is 4.75. The summed E-state index contributed by atoms with van der Waals surface area (Å²) in [6.07, 6.45) is 4.35. The second-order valence-corrected chi connectivity index (χ2v) is 9.84. The van der Waals surface area contributed by atoms with Crippen molar-refractivity contribution in [1.82, 2.24) is 10.2 Å². The number of hydrogen-bond donors (Lipinski definition) is 1. The summed E-state index contributed by atoms with van der Waals surface area (Å²) in [4.78, 5) is 29.9. The van der Waals surface area contributed by atoms with Crippen LogP contribution in [0.4, 0.5) is 0 Å². The lowest BCUT2D eigenvalue weighted by Gasteiger charge is -2.31. The molecule has 1 atom stereocenters. The van der Waals surface area contributed by atoms with E-state index in [2.05, 4.69) is 5.32 Å². The molecular formula is C26H28N2O5S. The molecule has 3 aromatic rings. The van der Waals surface area contributed by atoms with Crippen molar-refractivity contribution in [2.45, 2.75) is 57.7 Å². The first-order chi connectivity index (χ1) is 16.6. The van der Waals surface area contributed by atoms with E-state index in [-0.39, 0.29) is 37.6 Å².